The van der Waals surface area contributed by atoms with E-state index in [-0.39, 0.29) is 0 Å². The molecule has 0 radical (unpaired) electrons. The van der Waals surface area contributed by atoms with Crippen LogP contribution in [0.5, 0.6) is 0 Å². The van der Waals surface area contributed by atoms with Crippen molar-refractivity contribution < 1.29 is 0 Å². The van der Waals surface area contributed by atoms with Gasteiger partial charge in [0.15, 0.2) is 0 Å². The van der Waals surface area contributed by atoms with Crippen molar-refractivity contribution in [1.29, 1.82) is 0 Å². The van der Waals surface area contributed by atoms with E-state index in [1.807, 2.05) is 13.2 Å². The fourth-order valence-electron chi connectivity index (χ4n) is 1.46. The summed E-state index contributed by atoms with van der Waals surface area (Å²) in [6, 6.07) is 0.509. The van der Waals surface area contributed by atoms with Gasteiger partial charge in [0.2, 0.25) is 0 Å². The van der Waals surface area contributed by atoms with Gasteiger partial charge in [-0.2, -0.15) is 0 Å². The zero-order valence-electron chi connectivity index (χ0n) is 9.65. The van der Waals surface area contributed by atoms with Crippen LogP contribution in [0, 0.1) is 0 Å². The number of alkyl halides is 1. The summed E-state index contributed by atoms with van der Waals surface area (Å²) in [6.07, 6.45) is 2.97. The normalized spacial score (nSPS) is 11.6. The molecule has 0 aliphatic rings. The Bertz CT molecular complexity index is 285. The number of hydrogen-bond donors (Lipinski definition) is 0. The molecule has 15 heavy (non-hydrogen) atoms. The van der Waals surface area contributed by atoms with Crippen LogP contribution in [0.1, 0.15) is 26.0 Å². The van der Waals surface area contributed by atoms with Crippen molar-refractivity contribution in [2.24, 2.45) is 7.05 Å². The second kappa shape index (κ2) is 6.08. The van der Waals surface area contributed by atoms with Crippen LogP contribution in [0.25, 0.3) is 0 Å². The molecular weight excluding hydrogens is 212 g/mol. The minimum Gasteiger partial charge on any atom is -0.295 e. The minimum atomic E-state index is 0.509. The third-order valence-electron chi connectivity index (χ3n) is 2.32. The summed E-state index contributed by atoms with van der Waals surface area (Å²) in [7, 11) is 1.88. The van der Waals surface area contributed by atoms with Crippen LogP contribution in [0.4, 0.5) is 0 Å². The Balaban J connectivity index is 2.50. The summed E-state index contributed by atoms with van der Waals surface area (Å²) in [6.45, 7) is 6.23. The first-order valence-corrected chi connectivity index (χ1v) is 5.82. The van der Waals surface area contributed by atoms with Gasteiger partial charge in [0.05, 0.1) is 5.69 Å². The molecule has 0 saturated carbocycles. The molecule has 1 aromatic heterocycles. The number of halogens is 1. The fourth-order valence-corrected chi connectivity index (χ4v) is 1.58. The van der Waals surface area contributed by atoms with Crippen molar-refractivity contribution in [3.05, 3.63) is 11.9 Å². The molecule has 0 aliphatic heterocycles. The summed E-state index contributed by atoms with van der Waals surface area (Å²) in [5, 5.41) is 8.01. The van der Waals surface area contributed by atoms with Crippen molar-refractivity contribution in [3.63, 3.8) is 0 Å². The van der Waals surface area contributed by atoms with Crippen LogP contribution in [-0.4, -0.2) is 38.4 Å². The van der Waals surface area contributed by atoms with Crippen LogP contribution < -0.4 is 0 Å². The van der Waals surface area contributed by atoms with E-state index in [9.17, 15) is 0 Å². The third kappa shape index (κ3) is 4.18. The van der Waals surface area contributed by atoms with Gasteiger partial charge in [0, 0.05) is 31.7 Å². The molecule has 5 heteroatoms. The monoisotopic (exact) mass is 230 g/mol. The highest BCUT2D eigenvalue weighted by molar-refractivity contribution is 6.17. The Morgan fingerprint density at radius 1 is 1.53 bits per heavy atom. The second-order valence-corrected chi connectivity index (χ2v) is 4.37. The van der Waals surface area contributed by atoms with E-state index in [0.717, 1.165) is 25.2 Å². The molecule has 0 unspecified atom stereocenters. The molecule has 0 atom stereocenters. The Morgan fingerprint density at radius 2 is 2.27 bits per heavy atom. The van der Waals surface area contributed by atoms with E-state index in [2.05, 4.69) is 29.1 Å². The Kier molecular flexibility index (Phi) is 5.05. The lowest BCUT2D eigenvalue weighted by atomic mass is 10.2. The molecule has 0 fully saturated rings. The van der Waals surface area contributed by atoms with Gasteiger partial charge in [0.25, 0.3) is 0 Å². The van der Waals surface area contributed by atoms with Gasteiger partial charge in [-0.05, 0) is 26.8 Å². The first kappa shape index (κ1) is 12.5. The fraction of sp³-hybridized carbons (Fsp3) is 0.800. The zero-order valence-corrected chi connectivity index (χ0v) is 10.4. The lowest BCUT2D eigenvalue weighted by Gasteiger charge is -2.24. The smallest absolute Gasteiger partial charge is 0.0967 e. The molecule has 0 N–H and O–H groups in total. The average molecular weight is 231 g/mol. The molecule has 1 rings (SSSR count). The topological polar surface area (TPSA) is 34.0 Å². The zero-order chi connectivity index (χ0) is 11.3. The number of hydrogen-bond acceptors (Lipinski definition) is 3. The van der Waals surface area contributed by atoms with Crippen molar-refractivity contribution in [1.82, 2.24) is 19.9 Å². The molecule has 0 aromatic carbocycles. The highest BCUT2D eigenvalue weighted by atomic mass is 35.5. The van der Waals surface area contributed by atoms with Crippen molar-refractivity contribution >= 4 is 11.6 Å². The maximum atomic E-state index is 5.70. The van der Waals surface area contributed by atoms with Gasteiger partial charge in [-0.25, -0.2) is 0 Å². The molecule has 1 aromatic rings. The van der Waals surface area contributed by atoms with Crippen molar-refractivity contribution in [3.8, 4) is 0 Å². The largest absolute Gasteiger partial charge is 0.295 e. The summed E-state index contributed by atoms with van der Waals surface area (Å²) in [5.41, 5.74) is 1.01. The van der Waals surface area contributed by atoms with Crippen LogP contribution in [0.15, 0.2) is 6.20 Å². The van der Waals surface area contributed by atoms with E-state index < -0.39 is 0 Å². The summed E-state index contributed by atoms with van der Waals surface area (Å²) >= 11 is 5.70. The maximum absolute atomic E-state index is 5.70. The quantitative estimate of drug-likeness (QED) is 0.697. The van der Waals surface area contributed by atoms with Gasteiger partial charge >= 0.3 is 0 Å². The molecule has 1 heterocycles. The molecule has 4 nitrogen and oxygen atoms in total. The summed E-state index contributed by atoms with van der Waals surface area (Å²) < 4.78 is 1.73. The lowest BCUT2D eigenvalue weighted by molar-refractivity contribution is 0.211. The Labute approximate surface area is 96.2 Å². The van der Waals surface area contributed by atoms with Gasteiger partial charge in [-0.3, -0.25) is 9.58 Å². The molecular formula is C10H19ClN4. The number of nitrogens with zero attached hydrogens (tertiary/aromatic N) is 4. The number of aryl methyl sites for hydroxylation is 1. The third-order valence-corrected chi connectivity index (χ3v) is 2.59. The van der Waals surface area contributed by atoms with E-state index >= 15 is 0 Å². The average Bonchev–Trinajstić information content (AvgIpc) is 2.58. The lowest BCUT2D eigenvalue weighted by Crippen LogP contribution is -2.31. The minimum absolute atomic E-state index is 0.509. The first-order valence-electron chi connectivity index (χ1n) is 5.28. The number of aromatic nitrogens is 3. The SMILES string of the molecule is CC(C)N(CCCCl)Cc1cn(C)nn1. The van der Waals surface area contributed by atoms with E-state index in [1.165, 1.54) is 0 Å². The van der Waals surface area contributed by atoms with Crippen molar-refractivity contribution in [2.75, 3.05) is 12.4 Å². The number of rotatable bonds is 6. The van der Waals surface area contributed by atoms with Crippen molar-refractivity contribution in [2.45, 2.75) is 32.9 Å². The molecule has 86 valence electrons. The molecule has 0 saturated heterocycles. The molecule has 0 spiro atoms. The molecule has 0 amide bonds. The van der Waals surface area contributed by atoms with E-state index in [0.29, 0.717) is 11.9 Å². The first-order chi connectivity index (χ1) is 7.13. The maximum Gasteiger partial charge on any atom is 0.0967 e. The van der Waals surface area contributed by atoms with Gasteiger partial charge in [-0.15, -0.1) is 16.7 Å². The summed E-state index contributed by atoms with van der Waals surface area (Å²) in [4.78, 5) is 2.35. The van der Waals surface area contributed by atoms with Gasteiger partial charge in [-0.1, -0.05) is 5.21 Å². The Morgan fingerprint density at radius 3 is 2.73 bits per heavy atom. The molecule has 0 aliphatic carbocycles. The highest BCUT2D eigenvalue weighted by Gasteiger charge is 2.11. The standard InChI is InChI=1S/C10H19ClN4/c1-9(2)15(6-4-5-11)8-10-7-14(3)13-12-10/h7,9H,4-6,8H2,1-3H3. The van der Waals surface area contributed by atoms with Gasteiger partial charge < -0.3 is 0 Å². The molecule has 0 bridgehead atoms. The van der Waals surface area contributed by atoms with E-state index in [1.54, 1.807) is 4.68 Å². The highest BCUT2D eigenvalue weighted by Crippen LogP contribution is 2.06. The van der Waals surface area contributed by atoms with Crippen LogP contribution in [0.3, 0.4) is 0 Å². The second-order valence-electron chi connectivity index (χ2n) is 3.99. The predicted molar refractivity (Wildman–Crippen MR) is 61.9 cm³/mol. The van der Waals surface area contributed by atoms with Gasteiger partial charge in [0.1, 0.15) is 0 Å². The van der Waals surface area contributed by atoms with E-state index in [4.69, 9.17) is 11.6 Å². The van der Waals surface area contributed by atoms with Crippen LogP contribution in [0.2, 0.25) is 0 Å². The summed E-state index contributed by atoms with van der Waals surface area (Å²) in [5.74, 6) is 0.712. The Hall–Kier alpha value is -0.610. The van der Waals surface area contributed by atoms with Crippen LogP contribution >= 0.6 is 11.6 Å². The van der Waals surface area contributed by atoms with Crippen LogP contribution in [-0.2, 0) is 13.6 Å². The predicted octanol–water partition coefficient (Wildman–Crippen LogP) is 1.65.